The highest BCUT2D eigenvalue weighted by molar-refractivity contribution is 5.79. The van der Waals surface area contributed by atoms with Gasteiger partial charge in [-0.3, -0.25) is 4.79 Å². The van der Waals surface area contributed by atoms with Gasteiger partial charge in [0.2, 0.25) is 5.91 Å². The molecule has 1 amide bonds. The topological polar surface area (TPSA) is 40.5 Å². The molecule has 1 aliphatic heterocycles. The fourth-order valence-electron chi connectivity index (χ4n) is 2.63. The number of hydrogen-bond donors (Lipinski definition) is 1. The molecule has 102 valence electrons. The Labute approximate surface area is 114 Å². The molecule has 1 N–H and O–H groups in total. The average molecular weight is 259 g/mol. The summed E-state index contributed by atoms with van der Waals surface area (Å²) in [6, 6.07) is 8.16. The minimum atomic E-state index is -0.0250. The summed E-state index contributed by atoms with van der Waals surface area (Å²) in [4.78, 5) is 14.0. The van der Waals surface area contributed by atoms with Crippen LogP contribution in [0.5, 0.6) is 0 Å². The first-order chi connectivity index (χ1) is 9.15. The maximum absolute atomic E-state index is 12.1. The van der Waals surface area contributed by atoms with Crippen LogP contribution in [-0.4, -0.2) is 29.1 Å². The van der Waals surface area contributed by atoms with E-state index in [1.807, 2.05) is 42.2 Å². The van der Waals surface area contributed by atoms with Gasteiger partial charge in [-0.2, -0.15) is 0 Å². The number of aliphatic hydroxyl groups is 1. The second kappa shape index (κ2) is 6.02. The zero-order valence-electron chi connectivity index (χ0n) is 11.4. The molecule has 1 heterocycles. The number of hydrogen-bond acceptors (Lipinski definition) is 2. The van der Waals surface area contributed by atoms with Crippen LogP contribution >= 0.6 is 0 Å². The van der Waals surface area contributed by atoms with Gasteiger partial charge in [-0.25, -0.2) is 0 Å². The number of amides is 1. The first-order valence-corrected chi connectivity index (χ1v) is 6.75. The summed E-state index contributed by atoms with van der Waals surface area (Å²) in [5, 5.41) is 9.26. The van der Waals surface area contributed by atoms with E-state index in [1.165, 1.54) is 5.56 Å². The third kappa shape index (κ3) is 3.04. The van der Waals surface area contributed by atoms with Crippen LogP contribution < -0.4 is 0 Å². The maximum Gasteiger partial charge on any atom is 0.223 e. The van der Waals surface area contributed by atoms with Crippen LogP contribution in [0.4, 0.5) is 0 Å². The lowest BCUT2D eigenvalue weighted by atomic mass is 10.0. The summed E-state index contributed by atoms with van der Waals surface area (Å²) in [6.45, 7) is 6.61. The van der Waals surface area contributed by atoms with Gasteiger partial charge in [0.1, 0.15) is 0 Å². The number of carbonyl (C=O) groups is 1. The largest absolute Gasteiger partial charge is 0.396 e. The first kappa shape index (κ1) is 13.8. The summed E-state index contributed by atoms with van der Waals surface area (Å²) >= 11 is 0. The number of aliphatic hydroxyl groups excluding tert-OH is 1. The molecule has 2 rings (SSSR count). The number of likely N-dealkylation sites (tertiary alicyclic amines) is 1. The lowest BCUT2D eigenvalue weighted by molar-refractivity contribution is -0.130. The molecule has 0 bridgehead atoms. The van der Waals surface area contributed by atoms with E-state index < -0.39 is 0 Å². The number of aryl methyl sites for hydroxylation is 1. The van der Waals surface area contributed by atoms with Crippen molar-refractivity contribution in [3.63, 3.8) is 0 Å². The molecule has 0 radical (unpaired) electrons. The van der Waals surface area contributed by atoms with E-state index in [2.05, 4.69) is 6.58 Å². The Morgan fingerprint density at radius 1 is 1.47 bits per heavy atom. The van der Waals surface area contributed by atoms with E-state index in [0.717, 1.165) is 5.56 Å². The predicted octanol–water partition coefficient (Wildman–Crippen LogP) is 2.45. The molecule has 1 fully saturated rings. The lowest BCUT2D eigenvalue weighted by Crippen LogP contribution is -2.31. The minimum Gasteiger partial charge on any atom is -0.396 e. The van der Waals surface area contributed by atoms with Crippen molar-refractivity contribution in [2.45, 2.75) is 25.8 Å². The average Bonchev–Trinajstić information content (AvgIpc) is 2.78. The van der Waals surface area contributed by atoms with Crippen LogP contribution in [0.25, 0.3) is 0 Å². The zero-order valence-corrected chi connectivity index (χ0v) is 11.4. The first-order valence-electron chi connectivity index (χ1n) is 6.75. The molecule has 3 heteroatoms. The van der Waals surface area contributed by atoms with Crippen molar-refractivity contribution in [3.05, 3.63) is 48.0 Å². The van der Waals surface area contributed by atoms with Gasteiger partial charge in [-0.1, -0.05) is 35.9 Å². The fraction of sp³-hybridized carbons (Fsp3) is 0.438. The Bertz CT molecular complexity index is 452. The van der Waals surface area contributed by atoms with Crippen molar-refractivity contribution >= 4 is 5.91 Å². The third-order valence-electron chi connectivity index (χ3n) is 3.76. The smallest absolute Gasteiger partial charge is 0.223 e. The van der Waals surface area contributed by atoms with Crippen molar-refractivity contribution in [1.29, 1.82) is 0 Å². The predicted molar refractivity (Wildman–Crippen MR) is 75.6 cm³/mol. The molecular weight excluding hydrogens is 238 g/mol. The van der Waals surface area contributed by atoms with Crippen molar-refractivity contribution < 1.29 is 9.90 Å². The molecule has 1 aromatic carbocycles. The number of nitrogens with zero attached hydrogens (tertiary/aromatic N) is 1. The summed E-state index contributed by atoms with van der Waals surface area (Å²) in [5.74, 6) is 0.392. The zero-order chi connectivity index (χ0) is 13.8. The van der Waals surface area contributed by atoms with Crippen molar-refractivity contribution in [3.8, 4) is 0 Å². The Kier molecular flexibility index (Phi) is 4.38. The van der Waals surface area contributed by atoms with E-state index in [-0.39, 0.29) is 24.5 Å². The summed E-state index contributed by atoms with van der Waals surface area (Å²) < 4.78 is 0. The van der Waals surface area contributed by atoms with E-state index in [0.29, 0.717) is 19.4 Å². The van der Waals surface area contributed by atoms with Crippen LogP contribution in [0, 0.1) is 12.8 Å². The molecule has 19 heavy (non-hydrogen) atoms. The van der Waals surface area contributed by atoms with Gasteiger partial charge in [0.05, 0.1) is 6.04 Å². The summed E-state index contributed by atoms with van der Waals surface area (Å²) in [5.41, 5.74) is 2.29. The summed E-state index contributed by atoms with van der Waals surface area (Å²) in [6.07, 6.45) is 2.97. The highest BCUT2D eigenvalue weighted by Gasteiger charge is 2.33. The second-order valence-corrected chi connectivity index (χ2v) is 5.18. The van der Waals surface area contributed by atoms with Gasteiger partial charge < -0.3 is 10.0 Å². The van der Waals surface area contributed by atoms with Gasteiger partial charge in [0.25, 0.3) is 0 Å². The van der Waals surface area contributed by atoms with E-state index in [4.69, 9.17) is 0 Å². The number of benzene rings is 1. The van der Waals surface area contributed by atoms with Crippen LogP contribution in [0.1, 0.15) is 30.0 Å². The van der Waals surface area contributed by atoms with Gasteiger partial charge in [0, 0.05) is 25.5 Å². The molecular formula is C16H21NO2. The van der Waals surface area contributed by atoms with Crippen LogP contribution in [0.3, 0.4) is 0 Å². The SMILES string of the molecule is C=CC1CC(=O)N(C(CCO)c2ccc(C)cc2)C1. The lowest BCUT2D eigenvalue weighted by Gasteiger charge is -2.28. The third-order valence-corrected chi connectivity index (χ3v) is 3.76. The molecule has 2 unspecified atom stereocenters. The standard InChI is InChI=1S/C16H21NO2/c1-3-13-10-16(19)17(11-13)15(8-9-18)14-6-4-12(2)5-7-14/h3-7,13,15,18H,1,8-11H2,2H3. The molecule has 1 aromatic rings. The summed E-state index contributed by atoms with van der Waals surface area (Å²) in [7, 11) is 0. The molecule has 2 atom stereocenters. The van der Waals surface area contributed by atoms with Crippen molar-refractivity contribution in [1.82, 2.24) is 4.90 Å². The molecule has 1 aliphatic rings. The number of carbonyl (C=O) groups excluding carboxylic acids is 1. The van der Waals surface area contributed by atoms with Gasteiger partial charge in [-0.05, 0) is 18.9 Å². The molecule has 0 aliphatic carbocycles. The normalized spacial score (nSPS) is 20.6. The fourth-order valence-corrected chi connectivity index (χ4v) is 2.63. The van der Waals surface area contributed by atoms with Gasteiger partial charge in [0.15, 0.2) is 0 Å². The molecule has 0 aromatic heterocycles. The van der Waals surface area contributed by atoms with Crippen LogP contribution in [0.2, 0.25) is 0 Å². The van der Waals surface area contributed by atoms with E-state index in [1.54, 1.807) is 0 Å². The molecule has 1 saturated heterocycles. The van der Waals surface area contributed by atoms with Crippen LogP contribution in [-0.2, 0) is 4.79 Å². The van der Waals surface area contributed by atoms with Gasteiger partial charge >= 0.3 is 0 Å². The van der Waals surface area contributed by atoms with E-state index >= 15 is 0 Å². The Balaban J connectivity index is 2.22. The quantitative estimate of drug-likeness (QED) is 0.825. The van der Waals surface area contributed by atoms with E-state index in [9.17, 15) is 9.90 Å². The second-order valence-electron chi connectivity index (χ2n) is 5.18. The van der Waals surface area contributed by atoms with Crippen molar-refractivity contribution in [2.75, 3.05) is 13.2 Å². The Morgan fingerprint density at radius 3 is 2.68 bits per heavy atom. The van der Waals surface area contributed by atoms with Gasteiger partial charge in [-0.15, -0.1) is 6.58 Å². The highest BCUT2D eigenvalue weighted by Crippen LogP contribution is 2.31. The Hall–Kier alpha value is -1.61. The molecule has 0 spiro atoms. The Morgan fingerprint density at radius 2 is 2.16 bits per heavy atom. The number of rotatable bonds is 5. The maximum atomic E-state index is 12.1. The molecule has 0 saturated carbocycles. The molecule has 3 nitrogen and oxygen atoms in total. The van der Waals surface area contributed by atoms with Crippen LogP contribution in [0.15, 0.2) is 36.9 Å². The van der Waals surface area contributed by atoms with Crippen molar-refractivity contribution in [2.24, 2.45) is 5.92 Å². The highest BCUT2D eigenvalue weighted by atomic mass is 16.3. The minimum absolute atomic E-state index is 0.0250. The monoisotopic (exact) mass is 259 g/mol.